The molecule has 0 aromatic heterocycles. The second-order valence-corrected chi connectivity index (χ2v) is 3.27. The zero-order valence-corrected chi connectivity index (χ0v) is 8.30. The summed E-state index contributed by atoms with van der Waals surface area (Å²) in [6.45, 7) is 2.16. The van der Waals surface area contributed by atoms with Crippen molar-refractivity contribution in [3.8, 4) is 0 Å². The Kier molecular flexibility index (Phi) is 3.41. The molecule has 14 heavy (non-hydrogen) atoms. The lowest BCUT2D eigenvalue weighted by molar-refractivity contribution is 0.562. The lowest BCUT2D eigenvalue weighted by Gasteiger charge is -2.26. The van der Waals surface area contributed by atoms with Crippen molar-refractivity contribution in [1.29, 1.82) is 0 Å². The van der Waals surface area contributed by atoms with Gasteiger partial charge in [-0.25, -0.2) is 8.78 Å². The second-order valence-electron chi connectivity index (χ2n) is 3.27. The van der Waals surface area contributed by atoms with Crippen molar-refractivity contribution in [3.63, 3.8) is 0 Å². The van der Waals surface area contributed by atoms with Gasteiger partial charge in [0.1, 0.15) is 17.3 Å². The minimum Gasteiger partial charge on any atom is -0.366 e. The molecular formula is C10H14F2N2. The highest BCUT2D eigenvalue weighted by atomic mass is 19.1. The monoisotopic (exact) mass is 200 g/mol. The van der Waals surface area contributed by atoms with Crippen LogP contribution in [0, 0.1) is 11.6 Å². The molecule has 0 saturated carbocycles. The largest absolute Gasteiger partial charge is 0.366 e. The number of nitrogens with zero attached hydrogens (tertiary/aromatic N) is 1. The Balaban J connectivity index is 3.05. The van der Waals surface area contributed by atoms with E-state index < -0.39 is 11.6 Å². The molecule has 78 valence electrons. The van der Waals surface area contributed by atoms with Crippen LogP contribution < -0.4 is 10.6 Å². The number of anilines is 1. The smallest absolute Gasteiger partial charge is 0.149 e. The van der Waals surface area contributed by atoms with Crippen LogP contribution in [0.15, 0.2) is 18.2 Å². The highest BCUT2D eigenvalue weighted by molar-refractivity contribution is 5.49. The first kappa shape index (κ1) is 10.9. The average Bonchev–Trinajstić information content (AvgIpc) is 2.16. The Morgan fingerprint density at radius 1 is 1.36 bits per heavy atom. The maximum atomic E-state index is 13.3. The fourth-order valence-corrected chi connectivity index (χ4v) is 1.20. The van der Waals surface area contributed by atoms with E-state index in [9.17, 15) is 8.78 Å². The molecule has 1 aromatic rings. The van der Waals surface area contributed by atoms with Gasteiger partial charge in [-0.3, -0.25) is 0 Å². The van der Waals surface area contributed by atoms with E-state index in [0.29, 0.717) is 6.54 Å². The zero-order chi connectivity index (χ0) is 10.7. The lowest BCUT2D eigenvalue weighted by Crippen LogP contribution is -2.36. The van der Waals surface area contributed by atoms with Crippen LogP contribution in [0.4, 0.5) is 14.5 Å². The number of halogens is 2. The van der Waals surface area contributed by atoms with Crippen molar-refractivity contribution < 1.29 is 8.78 Å². The van der Waals surface area contributed by atoms with Crippen LogP contribution in [0.3, 0.4) is 0 Å². The Morgan fingerprint density at radius 2 is 1.86 bits per heavy atom. The van der Waals surface area contributed by atoms with Gasteiger partial charge in [0.15, 0.2) is 0 Å². The summed E-state index contributed by atoms with van der Waals surface area (Å²) >= 11 is 0. The van der Waals surface area contributed by atoms with Gasteiger partial charge in [-0.1, -0.05) is 6.07 Å². The molecule has 4 heteroatoms. The van der Waals surface area contributed by atoms with Gasteiger partial charge in [0, 0.05) is 19.6 Å². The van der Waals surface area contributed by atoms with Gasteiger partial charge in [0.2, 0.25) is 0 Å². The van der Waals surface area contributed by atoms with E-state index in [0.717, 1.165) is 0 Å². The normalized spacial score (nSPS) is 12.6. The molecule has 0 aliphatic rings. The molecule has 0 aliphatic carbocycles. The standard InChI is InChI=1S/C10H14F2N2/c1-7(6-13)14(2)10-8(11)4-3-5-9(10)12/h3-5,7H,6,13H2,1-2H3. The van der Waals surface area contributed by atoms with E-state index in [-0.39, 0.29) is 11.7 Å². The Morgan fingerprint density at radius 3 is 2.29 bits per heavy atom. The summed E-state index contributed by atoms with van der Waals surface area (Å²) in [6.07, 6.45) is 0. The van der Waals surface area contributed by atoms with E-state index >= 15 is 0 Å². The summed E-state index contributed by atoms with van der Waals surface area (Å²) in [6, 6.07) is 3.72. The number of rotatable bonds is 3. The molecule has 1 rings (SSSR count). The van der Waals surface area contributed by atoms with E-state index in [1.54, 1.807) is 7.05 Å². The first-order valence-electron chi connectivity index (χ1n) is 4.44. The number of para-hydroxylation sites is 1. The molecule has 0 heterocycles. The average molecular weight is 200 g/mol. The third-order valence-electron chi connectivity index (χ3n) is 2.29. The number of hydrogen-bond acceptors (Lipinski definition) is 2. The highest BCUT2D eigenvalue weighted by Crippen LogP contribution is 2.23. The number of benzene rings is 1. The van der Waals surface area contributed by atoms with Crippen molar-refractivity contribution in [2.45, 2.75) is 13.0 Å². The maximum absolute atomic E-state index is 13.3. The van der Waals surface area contributed by atoms with Crippen molar-refractivity contribution in [2.75, 3.05) is 18.5 Å². The Labute approximate surface area is 82.3 Å². The molecule has 2 N–H and O–H groups in total. The molecule has 0 saturated heterocycles. The van der Waals surface area contributed by atoms with Crippen LogP contribution >= 0.6 is 0 Å². The quantitative estimate of drug-likeness (QED) is 0.805. The molecule has 1 aromatic carbocycles. The lowest BCUT2D eigenvalue weighted by atomic mass is 10.2. The molecule has 1 atom stereocenters. The predicted molar refractivity (Wildman–Crippen MR) is 53.3 cm³/mol. The topological polar surface area (TPSA) is 29.3 Å². The van der Waals surface area contributed by atoms with Crippen molar-refractivity contribution in [2.24, 2.45) is 5.73 Å². The predicted octanol–water partition coefficient (Wildman–Crippen LogP) is 1.75. The second kappa shape index (κ2) is 4.37. The zero-order valence-electron chi connectivity index (χ0n) is 8.30. The van der Waals surface area contributed by atoms with Gasteiger partial charge >= 0.3 is 0 Å². The van der Waals surface area contributed by atoms with E-state index in [2.05, 4.69) is 0 Å². The number of nitrogens with two attached hydrogens (primary N) is 1. The molecule has 0 spiro atoms. The van der Waals surface area contributed by atoms with Gasteiger partial charge in [0.05, 0.1) is 0 Å². The molecule has 0 aliphatic heterocycles. The van der Waals surface area contributed by atoms with Gasteiger partial charge in [-0.15, -0.1) is 0 Å². The van der Waals surface area contributed by atoms with Gasteiger partial charge in [-0.05, 0) is 19.1 Å². The maximum Gasteiger partial charge on any atom is 0.149 e. The van der Waals surface area contributed by atoms with Gasteiger partial charge in [-0.2, -0.15) is 0 Å². The minimum atomic E-state index is -0.562. The Hall–Kier alpha value is -1.16. The van der Waals surface area contributed by atoms with E-state index in [1.807, 2.05) is 6.92 Å². The third kappa shape index (κ3) is 2.01. The van der Waals surface area contributed by atoms with E-state index in [4.69, 9.17) is 5.73 Å². The molecule has 2 nitrogen and oxygen atoms in total. The summed E-state index contributed by atoms with van der Waals surface area (Å²) in [5.74, 6) is -1.12. The fraction of sp³-hybridized carbons (Fsp3) is 0.400. The first-order chi connectivity index (χ1) is 6.57. The van der Waals surface area contributed by atoms with Crippen molar-refractivity contribution in [1.82, 2.24) is 0 Å². The molecule has 0 bridgehead atoms. The molecule has 1 unspecified atom stereocenters. The van der Waals surface area contributed by atoms with Crippen LogP contribution in [0.2, 0.25) is 0 Å². The first-order valence-corrected chi connectivity index (χ1v) is 4.44. The van der Waals surface area contributed by atoms with Gasteiger partial charge < -0.3 is 10.6 Å². The van der Waals surface area contributed by atoms with Crippen molar-refractivity contribution >= 4 is 5.69 Å². The molecule has 0 amide bonds. The van der Waals surface area contributed by atoms with Crippen LogP contribution in [-0.4, -0.2) is 19.6 Å². The van der Waals surface area contributed by atoms with Crippen LogP contribution in [-0.2, 0) is 0 Å². The highest BCUT2D eigenvalue weighted by Gasteiger charge is 2.16. The summed E-state index contributed by atoms with van der Waals surface area (Å²) in [5.41, 5.74) is 5.40. The number of likely N-dealkylation sites (N-methyl/N-ethyl adjacent to an activating group) is 1. The van der Waals surface area contributed by atoms with Crippen LogP contribution in [0.1, 0.15) is 6.92 Å². The van der Waals surface area contributed by atoms with Crippen LogP contribution in [0.25, 0.3) is 0 Å². The summed E-state index contributed by atoms with van der Waals surface area (Å²) in [5, 5.41) is 0. The minimum absolute atomic E-state index is 0.0227. The fourth-order valence-electron chi connectivity index (χ4n) is 1.20. The summed E-state index contributed by atoms with van der Waals surface area (Å²) < 4.78 is 26.6. The molecule has 0 fully saturated rings. The summed E-state index contributed by atoms with van der Waals surface area (Å²) in [4.78, 5) is 1.50. The van der Waals surface area contributed by atoms with Crippen molar-refractivity contribution in [3.05, 3.63) is 29.8 Å². The Bertz CT molecular complexity index is 295. The number of hydrogen-bond donors (Lipinski definition) is 1. The van der Waals surface area contributed by atoms with Crippen LogP contribution in [0.5, 0.6) is 0 Å². The SMILES string of the molecule is CC(CN)N(C)c1c(F)cccc1F. The van der Waals surface area contributed by atoms with E-state index in [1.165, 1.54) is 23.1 Å². The molecular weight excluding hydrogens is 186 g/mol. The molecule has 0 radical (unpaired) electrons. The summed E-state index contributed by atoms with van der Waals surface area (Å²) in [7, 11) is 1.62. The van der Waals surface area contributed by atoms with Gasteiger partial charge in [0.25, 0.3) is 0 Å². The third-order valence-corrected chi connectivity index (χ3v) is 2.29.